The van der Waals surface area contributed by atoms with Crippen LogP contribution in [0.2, 0.25) is 0 Å². The van der Waals surface area contributed by atoms with Crippen LogP contribution in [0, 0.1) is 0 Å². The number of methoxy groups -OCH3 is 1. The summed E-state index contributed by atoms with van der Waals surface area (Å²) >= 11 is 1.62. The molecule has 0 unspecified atom stereocenters. The van der Waals surface area contributed by atoms with E-state index < -0.39 is 5.97 Å². The van der Waals surface area contributed by atoms with Gasteiger partial charge in [0, 0.05) is 31.6 Å². The van der Waals surface area contributed by atoms with Crippen molar-refractivity contribution in [1.29, 1.82) is 0 Å². The number of unbranched alkanes of at least 4 members (excludes halogenated alkanes) is 5. The van der Waals surface area contributed by atoms with Gasteiger partial charge in [0.2, 0.25) is 0 Å². The minimum atomic E-state index is -1.01. The van der Waals surface area contributed by atoms with Gasteiger partial charge in [-0.05, 0) is 72.9 Å². The van der Waals surface area contributed by atoms with Crippen LogP contribution in [0.25, 0.3) is 6.08 Å². The summed E-state index contributed by atoms with van der Waals surface area (Å²) in [5.41, 5.74) is 4.26. The molecular weight excluding hydrogens is 508 g/mol. The molecule has 1 N–H and O–H groups in total. The van der Waals surface area contributed by atoms with E-state index >= 15 is 0 Å². The quantitative estimate of drug-likeness (QED) is 0.106. The molecule has 0 atom stereocenters. The van der Waals surface area contributed by atoms with E-state index in [4.69, 9.17) is 14.6 Å². The molecule has 3 rings (SSSR count). The molecule has 0 aliphatic carbocycles. The number of pyridine rings is 1. The first-order valence-electron chi connectivity index (χ1n) is 13.5. The first-order chi connectivity index (χ1) is 18.9. The Morgan fingerprint density at radius 3 is 2.41 bits per heavy atom. The summed E-state index contributed by atoms with van der Waals surface area (Å²) in [6, 6.07) is 20.6. The monoisotopic (exact) mass is 548 g/mol. The zero-order valence-electron chi connectivity index (χ0n) is 23.3. The van der Waals surface area contributed by atoms with Gasteiger partial charge < -0.3 is 19.5 Å². The Kier molecular flexibility index (Phi) is 12.7. The molecular formula is C32H40N2O4S. The number of benzene rings is 2. The molecule has 7 heteroatoms. The van der Waals surface area contributed by atoms with E-state index in [1.54, 1.807) is 18.9 Å². The molecule has 1 aromatic heterocycles. The number of aryl methyl sites for hydroxylation is 1. The van der Waals surface area contributed by atoms with Gasteiger partial charge in [-0.2, -0.15) is 0 Å². The van der Waals surface area contributed by atoms with Gasteiger partial charge >= 0.3 is 5.97 Å². The Labute approximate surface area is 237 Å². The lowest BCUT2D eigenvalue weighted by Crippen LogP contribution is -2.08. The van der Waals surface area contributed by atoms with Gasteiger partial charge in [0.05, 0.1) is 18.7 Å². The third-order valence-corrected chi connectivity index (χ3v) is 7.34. The van der Waals surface area contributed by atoms with Crippen molar-refractivity contribution in [2.45, 2.75) is 55.7 Å². The van der Waals surface area contributed by atoms with Crippen LogP contribution in [-0.2, 0) is 17.0 Å². The van der Waals surface area contributed by atoms with Crippen LogP contribution in [0.1, 0.15) is 55.3 Å². The molecule has 0 saturated heterocycles. The highest BCUT2D eigenvalue weighted by Crippen LogP contribution is 2.27. The number of rotatable bonds is 17. The van der Waals surface area contributed by atoms with Crippen molar-refractivity contribution < 1.29 is 19.4 Å². The number of ether oxygens (including phenoxy) is 2. The SMILES string of the molecule is COc1ccc(CCCCCCCCOc2ccc(SCc3cccc(N(C)C)c3)nc2C=CC(=O)O)cc1. The number of carboxylic acids is 1. The number of thioether (sulfide) groups is 1. The number of hydrogen-bond acceptors (Lipinski definition) is 6. The molecule has 0 aliphatic heterocycles. The Bertz CT molecular complexity index is 1200. The standard InChI is InChI=1S/C32H40N2O4S/c1-34(2)27-13-10-12-26(23-27)24-39-31-20-19-30(29(33-31)18-21-32(35)36)38-22-9-7-5-4-6-8-11-25-14-16-28(37-3)17-15-25/h10,12-21,23H,4-9,11,22,24H2,1-3H3,(H,35,36). The van der Waals surface area contributed by atoms with Crippen LogP contribution in [0.15, 0.2) is 71.8 Å². The largest absolute Gasteiger partial charge is 0.497 e. The lowest BCUT2D eigenvalue weighted by atomic mass is 10.0. The second-order valence-electron chi connectivity index (χ2n) is 9.63. The molecule has 208 valence electrons. The van der Waals surface area contributed by atoms with Gasteiger partial charge in [-0.1, -0.05) is 49.9 Å². The molecule has 3 aromatic rings. The second-order valence-corrected chi connectivity index (χ2v) is 10.6. The first-order valence-corrected chi connectivity index (χ1v) is 14.5. The highest BCUT2D eigenvalue weighted by atomic mass is 32.2. The van der Waals surface area contributed by atoms with Crippen molar-refractivity contribution in [2.24, 2.45) is 0 Å². The molecule has 6 nitrogen and oxygen atoms in total. The van der Waals surface area contributed by atoms with Crippen molar-refractivity contribution in [3.63, 3.8) is 0 Å². The molecule has 39 heavy (non-hydrogen) atoms. The maximum Gasteiger partial charge on any atom is 0.328 e. The molecule has 0 saturated carbocycles. The predicted molar refractivity (Wildman–Crippen MR) is 161 cm³/mol. The van der Waals surface area contributed by atoms with Crippen LogP contribution in [0.5, 0.6) is 11.5 Å². The summed E-state index contributed by atoms with van der Waals surface area (Å²) in [7, 11) is 5.74. The van der Waals surface area contributed by atoms with Crippen molar-refractivity contribution in [3.8, 4) is 11.5 Å². The summed E-state index contributed by atoms with van der Waals surface area (Å²) in [5, 5.41) is 9.94. The van der Waals surface area contributed by atoms with E-state index in [1.807, 2.05) is 38.4 Å². The summed E-state index contributed by atoms with van der Waals surface area (Å²) in [4.78, 5) is 17.9. The summed E-state index contributed by atoms with van der Waals surface area (Å²) < 4.78 is 11.2. The number of aromatic nitrogens is 1. The molecule has 1 heterocycles. The highest BCUT2D eigenvalue weighted by Gasteiger charge is 2.08. The average molecular weight is 549 g/mol. The number of hydrogen-bond donors (Lipinski definition) is 1. The van der Waals surface area contributed by atoms with E-state index in [-0.39, 0.29) is 0 Å². The van der Waals surface area contributed by atoms with Crippen molar-refractivity contribution in [2.75, 3.05) is 32.7 Å². The van der Waals surface area contributed by atoms with Crippen LogP contribution < -0.4 is 14.4 Å². The van der Waals surface area contributed by atoms with Gasteiger partial charge in [-0.15, -0.1) is 11.8 Å². The Morgan fingerprint density at radius 1 is 0.949 bits per heavy atom. The summed E-state index contributed by atoms with van der Waals surface area (Å²) in [6.45, 7) is 0.589. The van der Waals surface area contributed by atoms with E-state index in [0.29, 0.717) is 18.1 Å². The third kappa shape index (κ3) is 11.1. The number of carbonyl (C=O) groups is 1. The number of aliphatic carboxylic acids is 1. The van der Waals surface area contributed by atoms with Gasteiger partial charge in [-0.3, -0.25) is 0 Å². The molecule has 0 amide bonds. The van der Waals surface area contributed by atoms with Gasteiger partial charge in [0.25, 0.3) is 0 Å². The number of nitrogens with zero attached hydrogens (tertiary/aromatic N) is 2. The van der Waals surface area contributed by atoms with E-state index in [1.165, 1.54) is 42.9 Å². The van der Waals surface area contributed by atoms with E-state index in [9.17, 15) is 4.79 Å². The van der Waals surface area contributed by atoms with Crippen LogP contribution in [0.4, 0.5) is 5.69 Å². The van der Waals surface area contributed by atoms with Gasteiger partial charge in [0.1, 0.15) is 17.2 Å². The molecule has 0 bridgehead atoms. The van der Waals surface area contributed by atoms with Crippen LogP contribution in [-0.4, -0.2) is 43.9 Å². The van der Waals surface area contributed by atoms with E-state index in [0.717, 1.165) is 47.6 Å². The topological polar surface area (TPSA) is 71.9 Å². The lowest BCUT2D eigenvalue weighted by Gasteiger charge is -2.13. The number of carboxylic acid groups (broad SMARTS) is 1. The summed E-state index contributed by atoms with van der Waals surface area (Å²) in [5.74, 6) is 1.29. The zero-order valence-corrected chi connectivity index (χ0v) is 24.1. The second kappa shape index (κ2) is 16.5. The highest BCUT2D eigenvalue weighted by molar-refractivity contribution is 7.98. The third-order valence-electron chi connectivity index (χ3n) is 6.33. The maximum atomic E-state index is 11.1. The van der Waals surface area contributed by atoms with Crippen LogP contribution >= 0.6 is 11.8 Å². The molecule has 0 radical (unpaired) electrons. The molecule has 2 aromatic carbocycles. The average Bonchev–Trinajstić information content (AvgIpc) is 2.95. The number of anilines is 1. The normalized spacial score (nSPS) is 11.1. The van der Waals surface area contributed by atoms with Crippen molar-refractivity contribution >= 4 is 29.5 Å². The molecule has 0 aliphatic rings. The maximum absolute atomic E-state index is 11.1. The van der Waals surface area contributed by atoms with Gasteiger partial charge in [-0.25, -0.2) is 9.78 Å². The fourth-order valence-electron chi connectivity index (χ4n) is 4.11. The fourth-order valence-corrected chi connectivity index (χ4v) is 4.93. The Morgan fingerprint density at radius 2 is 1.69 bits per heavy atom. The lowest BCUT2D eigenvalue weighted by molar-refractivity contribution is -0.131. The summed E-state index contributed by atoms with van der Waals surface area (Å²) in [6.07, 6.45) is 10.6. The Hall–Kier alpha value is -3.45. The first kappa shape index (κ1) is 30.1. The molecule has 0 spiro atoms. The predicted octanol–water partition coefficient (Wildman–Crippen LogP) is 7.51. The zero-order chi connectivity index (χ0) is 27.9. The Balaban J connectivity index is 1.41. The van der Waals surface area contributed by atoms with E-state index in [2.05, 4.69) is 46.3 Å². The van der Waals surface area contributed by atoms with Crippen LogP contribution in [0.3, 0.4) is 0 Å². The minimum Gasteiger partial charge on any atom is -0.497 e. The smallest absolute Gasteiger partial charge is 0.328 e. The van der Waals surface area contributed by atoms with Gasteiger partial charge in [0.15, 0.2) is 0 Å². The van der Waals surface area contributed by atoms with Crippen molar-refractivity contribution in [3.05, 3.63) is 83.6 Å². The molecule has 0 fully saturated rings. The fraction of sp³-hybridized carbons (Fsp3) is 0.375. The minimum absolute atomic E-state index is 0.544. The van der Waals surface area contributed by atoms with Crippen molar-refractivity contribution in [1.82, 2.24) is 4.98 Å².